The number of rotatable bonds is 2. The molecule has 48 valence electrons. The van der Waals surface area contributed by atoms with E-state index in [0.717, 1.165) is 0 Å². The van der Waals surface area contributed by atoms with Crippen LogP contribution in [0.4, 0.5) is 8.78 Å². The second-order valence-electron chi connectivity index (χ2n) is 0.909. The summed E-state index contributed by atoms with van der Waals surface area (Å²) in [6.45, 7) is -3.02. The van der Waals surface area contributed by atoms with Crippen LogP contribution in [0.25, 0.3) is 0 Å². The number of esters is 1. The summed E-state index contributed by atoms with van der Waals surface area (Å²) in [4.78, 5) is 9.84. The number of alkyl halides is 2. The van der Waals surface area contributed by atoms with E-state index in [1.165, 1.54) is 0 Å². The summed E-state index contributed by atoms with van der Waals surface area (Å²) in [6, 6.07) is 0. The first-order valence-electron chi connectivity index (χ1n) is 1.75. The molecule has 0 aromatic carbocycles. The van der Waals surface area contributed by atoms with Crippen LogP contribution < -0.4 is 0 Å². The van der Waals surface area contributed by atoms with Crippen LogP contribution >= 0.6 is 12.6 Å². The van der Waals surface area contributed by atoms with Crippen LogP contribution in [0.1, 0.15) is 0 Å². The highest BCUT2D eigenvalue weighted by atomic mass is 32.1. The van der Waals surface area contributed by atoms with Crippen molar-refractivity contribution >= 4 is 18.6 Å². The van der Waals surface area contributed by atoms with Gasteiger partial charge in [0.2, 0.25) is 0 Å². The number of hydrogen-bond acceptors (Lipinski definition) is 3. The quantitative estimate of drug-likeness (QED) is 0.453. The van der Waals surface area contributed by atoms with Crippen LogP contribution in [0.15, 0.2) is 0 Å². The van der Waals surface area contributed by atoms with E-state index in [9.17, 15) is 13.6 Å². The zero-order valence-corrected chi connectivity index (χ0v) is 4.70. The Balaban J connectivity index is 3.25. The molecule has 2 nitrogen and oxygen atoms in total. The highest BCUT2D eigenvalue weighted by Gasteiger charge is 2.06. The van der Waals surface area contributed by atoms with Crippen LogP contribution in [0.3, 0.4) is 0 Å². The molecule has 8 heavy (non-hydrogen) atoms. The van der Waals surface area contributed by atoms with Crippen molar-refractivity contribution in [1.29, 1.82) is 0 Å². The predicted octanol–water partition coefficient (Wildman–Crippen LogP) is 0.682. The number of ether oxygens (including phenoxy) is 1. The maximum atomic E-state index is 11.0. The Labute approximate surface area is 50.2 Å². The maximum absolute atomic E-state index is 11.0. The van der Waals surface area contributed by atoms with Gasteiger partial charge in [-0.05, 0) is 0 Å². The molecule has 5 heteroatoms. The Morgan fingerprint density at radius 3 is 2.38 bits per heavy atom. The number of halogens is 2. The van der Waals surface area contributed by atoms with Gasteiger partial charge in [0.05, 0.1) is 5.75 Å². The second kappa shape index (κ2) is 3.65. The Bertz CT molecular complexity index is 85.4. The molecule has 0 radical (unpaired) electrons. The molecule has 0 spiro atoms. The standard InChI is InChI=1S/C3H4F2O2S/c4-3(5)7-2(6)1-8/h3,8H,1H2. The van der Waals surface area contributed by atoms with E-state index in [-0.39, 0.29) is 5.75 Å². The molecule has 0 rings (SSSR count). The molecule has 0 bridgehead atoms. The van der Waals surface area contributed by atoms with Gasteiger partial charge in [0.15, 0.2) is 0 Å². The van der Waals surface area contributed by atoms with Gasteiger partial charge in [0.25, 0.3) is 0 Å². The molecule has 0 aromatic rings. The highest BCUT2D eigenvalue weighted by molar-refractivity contribution is 7.81. The normalized spacial score (nSPS) is 9.50. The van der Waals surface area contributed by atoms with Crippen molar-refractivity contribution < 1.29 is 18.3 Å². The van der Waals surface area contributed by atoms with E-state index in [2.05, 4.69) is 17.4 Å². The van der Waals surface area contributed by atoms with Crippen molar-refractivity contribution in [1.82, 2.24) is 0 Å². The van der Waals surface area contributed by atoms with E-state index in [1.54, 1.807) is 0 Å². The summed E-state index contributed by atoms with van der Waals surface area (Å²) in [5, 5.41) is 0. The minimum absolute atomic E-state index is 0.315. The molecule has 0 aliphatic heterocycles. The van der Waals surface area contributed by atoms with Gasteiger partial charge in [-0.2, -0.15) is 21.4 Å². The van der Waals surface area contributed by atoms with Crippen molar-refractivity contribution in [3.8, 4) is 0 Å². The third-order valence-corrected chi connectivity index (χ3v) is 0.608. The van der Waals surface area contributed by atoms with E-state index in [4.69, 9.17) is 0 Å². The van der Waals surface area contributed by atoms with Gasteiger partial charge in [0.1, 0.15) is 0 Å². The van der Waals surface area contributed by atoms with Crippen LogP contribution in [-0.2, 0) is 9.53 Å². The molecule has 0 aliphatic carbocycles. The third-order valence-electron chi connectivity index (χ3n) is 0.350. The molecule has 0 heterocycles. The summed E-state index contributed by atoms with van der Waals surface area (Å²) in [7, 11) is 0. The number of hydrogen-bond donors (Lipinski definition) is 1. The molecule has 0 N–H and O–H groups in total. The smallest absolute Gasteiger partial charge is 0.389 e. The van der Waals surface area contributed by atoms with Gasteiger partial charge in [-0.3, -0.25) is 4.79 Å². The molecule has 0 unspecified atom stereocenters. The van der Waals surface area contributed by atoms with Crippen molar-refractivity contribution in [2.45, 2.75) is 6.61 Å². The summed E-state index contributed by atoms with van der Waals surface area (Å²) >= 11 is 3.38. The Morgan fingerprint density at radius 2 is 2.25 bits per heavy atom. The van der Waals surface area contributed by atoms with Crippen LogP contribution in [-0.4, -0.2) is 18.3 Å². The van der Waals surface area contributed by atoms with E-state index in [1.807, 2.05) is 0 Å². The first-order valence-corrected chi connectivity index (χ1v) is 2.38. The zero-order valence-electron chi connectivity index (χ0n) is 3.80. The van der Waals surface area contributed by atoms with Crippen LogP contribution in [0.5, 0.6) is 0 Å². The fourth-order valence-corrected chi connectivity index (χ4v) is 0.211. The number of carbonyl (C=O) groups excluding carboxylic acids is 1. The SMILES string of the molecule is O=C(CS)OC(F)F. The molecule has 0 saturated carbocycles. The van der Waals surface area contributed by atoms with Gasteiger partial charge in [0, 0.05) is 0 Å². The lowest BCUT2D eigenvalue weighted by Crippen LogP contribution is -2.09. The fourth-order valence-electron chi connectivity index (χ4n) is 0.137. The largest absolute Gasteiger partial charge is 0.403 e. The molecule has 0 amide bonds. The monoisotopic (exact) mass is 142 g/mol. The predicted molar refractivity (Wildman–Crippen MR) is 25.9 cm³/mol. The molecule has 0 atom stereocenters. The van der Waals surface area contributed by atoms with Crippen molar-refractivity contribution in [3.05, 3.63) is 0 Å². The fraction of sp³-hybridized carbons (Fsp3) is 0.667. The van der Waals surface area contributed by atoms with Crippen LogP contribution in [0.2, 0.25) is 0 Å². The molecule has 0 aliphatic rings. The Hall–Kier alpha value is -0.320. The third kappa shape index (κ3) is 3.86. The van der Waals surface area contributed by atoms with E-state index < -0.39 is 12.6 Å². The lowest BCUT2D eigenvalue weighted by atomic mass is 10.8. The molecule has 0 fully saturated rings. The average molecular weight is 142 g/mol. The van der Waals surface area contributed by atoms with Gasteiger partial charge in [-0.1, -0.05) is 0 Å². The minimum atomic E-state index is -3.02. The van der Waals surface area contributed by atoms with Gasteiger partial charge < -0.3 is 4.74 Å². The summed E-state index contributed by atoms with van der Waals surface area (Å²) < 4.78 is 25.3. The molecular weight excluding hydrogens is 138 g/mol. The van der Waals surface area contributed by atoms with Crippen molar-refractivity contribution in [2.24, 2.45) is 0 Å². The van der Waals surface area contributed by atoms with Crippen molar-refractivity contribution in [3.63, 3.8) is 0 Å². The minimum Gasteiger partial charge on any atom is -0.403 e. The second-order valence-corrected chi connectivity index (χ2v) is 1.22. The highest BCUT2D eigenvalue weighted by Crippen LogP contribution is 1.94. The topological polar surface area (TPSA) is 26.3 Å². The first kappa shape index (κ1) is 7.68. The summed E-state index contributed by atoms with van der Waals surface area (Å²) in [5.74, 6) is -1.33. The average Bonchev–Trinajstić information content (AvgIpc) is 1.65. The Morgan fingerprint density at radius 1 is 1.75 bits per heavy atom. The molecule has 0 saturated heterocycles. The summed E-state index contributed by atoms with van der Waals surface area (Å²) in [6.07, 6.45) is 0. The van der Waals surface area contributed by atoms with Crippen molar-refractivity contribution in [2.75, 3.05) is 5.75 Å². The number of carbonyl (C=O) groups is 1. The molecule has 0 aromatic heterocycles. The Kier molecular flexibility index (Phi) is 3.51. The van der Waals surface area contributed by atoms with Gasteiger partial charge in [-0.15, -0.1) is 0 Å². The van der Waals surface area contributed by atoms with E-state index in [0.29, 0.717) is 0 Å². The van der Waals surface area contributed by atoms with E-state index >= 15 is 0 Å². The van der Waals surface area contributed by atoms with Gasteiger partial charge >= 0.3 is 12.6 Å². The first-order chi connectivity index (χ1) is 3.66. The van der Waals surface area contributed by atoms with Crippen LogP contribution in [0, 0.1) is 0 Å². The summed E-state index contributed by atoms with van der Waals surface area (Å²) in [5.41, 5.74) is 0. The maximum Gasteiger partial charge on any atom is 0.389 e. The zero-order chi connectivity index (χ0) is 6.57. The lowest BCUT2D eigenvalue weighted by molar-refractivity contribution is -0.172. The number of thiol groups is 1. The van der Waals surface area contributed by atoms with Gasteiger partial charge in [-0.25, -0.2) is 0 Å². The molecular formula is C3H4F2O2S. The lowest BCUT2D eigenvalue weighted by Gasteiger charge is -1.96.